The lowest BCUT2D eigenvalue weighted by molar-refractivity contribution is 0.363. The minimum atomic E-state index is -3.98. The Morgan fingerprint density at radius 3 is 2.52 bits per heavy atom. The second-order valence-electron chi connectivity index (χ2n) is 4.52. The lowest BCUT2D eigenvalue weighted by atomic mass is 10.3. The third-order valence-electron chi connectivity index (χ3n) is 2.89. The smallest absolute Gasteiger partial charge is 0.265 e. The first kappa shape index (κ1) is 16.8. The van der Waals surface area contributed by atoms with Crippen LogP contribution in [0.1, 0.15) is 0 Å². The molecular formula is C16H16FNO4S. The van der Waals surface area contributed by atoms with Gasteiger partial charge in [-0.15, -0.1) is 0 Å². The number of sulfonamides is 1. The molecule has 7 heteroatoms. The Bertz CT molecular complexity index is 788. The van der Waals surface area contributed by atoms with Crippen molar-refractivity contribution >= 4 is 15.7 Å². The highest BCUT2D eigenvalue weighted by molar-refractivity contribution is 7.92. The average Bonchev–Trinajstić information content (AvgIpc) is 2.54. The third kappa shape index (κ3) is 4.23. The van der Waals surface area contributed by atoms with Crippen molar-refractivity contribution in [2.75, 3.05) is 18.4 Å². The molecule has 0 amide bonds. The number of methoxy groups -OCH3 is 1. The predicted octanol–water partition coefficient (Wildman–Crippen LogP) is 3.20. The largest absolute Gasteiger partial charge is 0.495 e. The summed E-state index contributed by atoms with van der Waals surface area (Å²) in [5.41, 5.74) is 0.322. The van der Waals surface area contributed by atoms with E-state index < -0.39 is 15.8 Å². The minimum absolute atomic E-state index is 0.0600. The van der Waals surface area contributed by atoms with Gasteiger partial charge in [-0.3, -0.25) is 4.72 Å². The van der Waals surface area contributed by atoms with Crippen molar-refractivity contribution in [1.29, 1.82) is 0 Å². The van der Waals surface area contributed by atoms with Crippen LogP contribution in [0.25, 0.3) is 0 Å². The summed E-state index contributed by atoms with van der Waals surface area (Å²) in [6.07, 6.45) is 1.60. The van der Waals surface area contributed by atoms with Crippen molar-refractivity contribution in [3.05, 3.63) is 60.9 Å². The van der Waals surface area contributed by atoms with Crippen LogP contribution in [0.4, 0.5) is 10.1 Å². The molecule has 1 N–H and O–H groups in total. The highest BCUT2D eigenvalue weighted by Gasteiger charge is 2.20. The molecule has 23 heavy (non-hydrogen) atoms. The van der Waals surface area contributed by atoms with Crippen LogP contribution in [0.2, 0.25) is 0 Å². The molecule has 5 nitrogen and oxygen atoms in total. The van der Waals surface area contributed by atoms with E-state index in [-0.39, 0.29) is 10.6 Å². The van der Waals surface area contributed by atoms with E-state index >= 15 is 0 Å². The molecule has 0 bridgehead atoms. The monoisotopic (exact) mass is 337 g/mol. The van der Waals surface area contributed by atoms with Crippen LogP contribution in [0.3, 0.4) is 0 Å². The maximum absolute atomic E-state index is 13.4. The molecule has 0 unspecified atom stereocenters. The number of halogens is 1. The highest BCUT2D eigenvalue weighted by Crippen LogP contribution is 2.27. The molecule has 0 saturated heterocycles. The molecule has 0 atom stereocenters. The van der Waals surface area contributed by atoms with Crippen molar-refractivity contribution in [2.45, 2.75) is 4.90 Å². The normalized spacial score (nSPS) is 10.9. The molecule has 2 aromatic rings. The molecule has 0 saturated carbocycles. The van der Waals surface area contributed by atoms with Crippen molar-refractivity contribution in [3.63, 3.8) is 0 Å². The molecule has 0 radical (unpaired) electrons. The lowest BCUT2D eigenvalue weighted by Gasteiger charge is -2.12. The van der Waals surface area contributed by atoms with E-state index in [2.05, 4.69) is 11.3 Å². The molecule has 122 valence electrons. The second-order valence-corrected chi connectivity index (χ2v) is 6.18. The summed E-state index contributed by atoms with van der Waals surface area (Å²) in [4.78, 5) is -0.271. The SMILES string of the molecule is C=CCOc1ccc(NS(=O)(=O)c2cc(F)ccc2OC)cc1. The zero-order valence-corrected chi connectivity index (χ0v) is 13.3. The van der Waals surface area contributed by atoms with E-state index in [0.717, 1.165) is 12.1 Å². The van der Waals surface area contributed by atoms with Gasteiger partial charge in [-0.25, -0.2) is 12.8 Å². The summed E-state index contributed by atoms with van der Waals surface area (Å²) in [6.45, 7) is 3.89. The number of hydrogen-bond acceptors (Lipinski definition) is 4. The zero-order chi connectivity index (χ0) is 16.9. The van der Waals surface area contributed by atoms with Crippen LogP contribution >= 0.6 is 0 Å². The fraction of sp³-hybridized carbons (Fsp3) is 0.125. The van der Waals surface area contributed by atoms with Crippen LogP contribution in [-0.4, -0.2) is 22.1 Å². The first-order valence-corrected chi connectivity index (χ1v) is 8.14. The number of hydrogen-bond donors (Lipinski definition) is 1. The second kappa shape index (κ2) is 7.15. The molecule has 0 aliphatic carbocycles. The van der Waals surface area contributed by atoms with E-state index in [1.165, 1.54) is 13.2 Å². The molecule has 0 aromatic heterocycles. The van der Waals surface area contributed by atoms with Gasteiger partial charge in [0, 0.05) is 5.69 Å². The van der Waals surface area contributed by atoms with Gasteiger partial charge in [0.25, 0.3) is 10.0 Å². The Hall–Kier alpha value is -2.54. The molecule has 2 rings (SSSR count). The van der Waals surface area contributed by atoms with Gasteiger partial charge in [0.05, 0.1) is 7.11 Å². The maximum Gasteiger partial charge on any atom is 0.265 e. The highest BCUT2D eigenvalue weighted by atomic mass is 32.2. The van der Waals surface area contributed by atoms with E-state index in [4.69, 9.17) is 9.47 Å². The van der Waals surface area contributed by atoms with E-state index in [0.29, 0.717) is 18.0 Å². The number of anilines is 1. The fourth-order valence-electron chi connectivity index (χ4n) is 1.85. The number of benzene rings is 2. The van der Waals surface area contributed by atoms with Crippen molar-refractivity contribution < 1.29 is 22.3 Å². The van der Waals surface area contributed by atoms with Gasteiger partial charge in [0.1, 0.15) is 28.8 Å². The molecule has 0 spiro atoms. The van der Waals surface area contributed by atoms with E-state index in [1.54, 1.807) is 30.3 Å². The first-order valence-electron chi connectivity index (χ1n) is 6.66. The van der Waals surface area contributed by atoms with Crippen molar-refractivity contribution in [1.82, 2.24) is 0 Å². The summed E-state index contributed by atoms with van der Waals surface area (Å²) >= 11 is 0. The Kier molecular flexibility index (Phi) is 5.23. The van der Waals surface area contributed by atoms with Crippen LogP contribution in [-0.2, 0) is 10.0 Å². The minimum Gasteiger partial charge on any atom is -0.495 e. The topological polar surface area (TPSA) is 64.6 Å². The van der Waals surface area contributed by atoms with Crippen LogP contribution in [0, 0.1) is 5.82 Å². The lowest BCUT2D eigenvalue weighted by Crippen LogP contribution is -2.14. The quantitative estimate of drug-likeness (QED) is 0.788. The van der Waals surface area contributed by atoms with Gasteiger partial charge in [-0.2, -0.15) is 0 Å². The number of ether oxygens (including phenoxy) is 2. The van der Waals surface area contributed by atoms with Crippen LogP contribution in [0.5, 0.6) is 11.5 Å². The average molecular weight is 337 g/mol. The molecule has 0 aliphatic heterocycles. The zero-order valence-electron chi connectivity index (χ0n) is 12.5. The molecule has 0 heterocycles. The van der Waals surface area contributed by atoms with Gasteiger partial charge < -0.3 is 9.47 Å². The summed E-state index contributed by atoms with van der Waals surface area (Å²) in [5.74, 6) is -0.0274. The van der Waals surface area contributed by atoms with Gasteiger partial charge in [-0.05, 0) is 42.5 Å². The third-order valence-corrected chi connectivity index (χ3v) is 4.29. The van der Waals surface area contributed by atoms with Gasteiger partial charge in [0.15, 0.2) is 0 Å². The fourth-order valence-corrected chi connectivity index (χ4v) is 3.09. The number of nitrogens with one attached hydrogen (secondary N) is 1. The summed E-state index contributed by atoms with van der Waals surface area (Å²) in [6, 6.07) is 9.61. The summed E-state index contributed by atoms with van der Waals surface area (Å²) < 4.78 is 50.8. The summed E-state index contributed by atoms with van der Waals surface area (Å²) in [5, 5.41) is 0. The van der Waals surface area contributed by atoms with E-state index in [1.807, 2.05) is 0 Å². The molecule has 0 fully saturated rings. The van der Waals surface area contributed by atoms with Crippen LogP contribution < -0.4 is 14.2 Å². The Labute approximate surface area is 134 Å². The summed E-state index contributed by atoms with van der Waals surface area (Å²) in [7, 11) is -2.66. The van der Waals surface area contributed by atoms with Gasteiger partial charge in [-0.1, -0.05) is 12.7 Å². The standard InChI is InChI=1S/C16H16FNO4S/c1-3-10-22-14-7-5-13(6-8-14)18-23(19,20)16-11-12(17)4-9-15(16)21-2/h3-9,11,18H,1,10H2,2H3. The Morgan fingerprint density at radius 1 is 1.22 bits per heavy atom. The Morgan fingerprint density at radius 2 is 1.91 bits per heavy atom. The molecular weight excluding hydrogens is 321 g/mol. The molecule has 0 aliphatic rings. The predicted molar refractivity (Wildman–Crippen MR) is 85.9 cm³/mol. The molecule has 2 aromatic carbocycles. The number of rotatable bonds is 7. The van der Waals surface area contributed by atoms with Crippen molar-refractivity contribution in [2.24, 2.45) is 0 Å². The van der Waals surface area contributed by atoms with Gasteiger partial charge in [0.2, 0.25) is 0 Å². The van der Waals surface area contributed by atoms with E-state index in [9.17, 15) is 12.8 Å². The maximum atomic E-state index is 13.4. The van der Waals surface area contributed by atoms with Crippen LogP contribution in [0.15, 0.2) is 60.0 Å². The van der Waals surface area contributed by atoms with Crippen molar-refractivity contribution in [3.8, 4) is 11.5 Å². The van der Waals surface area contributed by atoms with Gasteiger partial charge >= 0.3 is 0 Å². The Balaban J connectivity index is 2.24. The first-order chi connectivity index (χ1) is 11.0.